The first-order chi connectivity index (χ1) is 9.04. The molecule has 0 radical (unpaired) electrons. The van der Waals surface area contributed by atoms with Crippen molar-refractivity contribution in [2.75, 3.05) is 13.7 Å². The molecule has 0 aliphatic heterocycles. The average molecular weight is 264 g/mol. The lowest BCUT2D eigenvalue weighted by Gasteiger charge is -2.18. The number of amides is 1. The van der Waals surface area contributed by atoms with Crippen LogP contribution < -0.4 is 11.1 Å². The SMILES string of the molecule is COCCCC(N)C(=O)N[C@H](C)c1ccc(C)cc1. The van der Waals surface area contributed by atoms with Crippen molar-refractivity contribution in [1.82, 2.24) is 5.32 Å². The van der Waals surface area contributed by atoms with Gasteiger partial charge in [-0.15, -0.1) is 0 Å². The van der Waals surface area contributed by atoms with Crippen LogP contribution in [0.15, 0.2) is 24.3 Å². The van der Waals surface area contributed by atoms with Crippen molar-refractivity contribution in [3.63, 3.8) is 0 Å². The number of hydrogen-bond donors (Lipinski definition) is 2. The molecule has 0 saturated carbocycles. The molecule has 2 atom stereocenters. The zero-order valence-corrected chi connectivity index (χ0v) is 12.0. The fraction of sp³-hybridized carbons (Fsp3) is 0.533. The molecule has 0 fully saturated rings. The van der Waals surface area contributed by atoms with Gasteiger partial charge < -0.3 is 15.8 Å². The Morgan fingerprint density at radius 2 is 2.00 bits per heavy atom. The van der Waals surface area contributed by atoms with Gasteiger partial charge >= 0.3 is 0 Å². The maximum absolute atomic E-state index is 11.9. The molecule has 106 valence electrons. The zero-order valence-electron chi connectivity index (χ0n) is 12.0. The highest BCUT2D eigenvalue weighted by Gasteiger charge is 2.16. The summed E-state index contributed by atoms with van der Waals surface area (Å²) in [6.45, 7) is 4.64. The predicted molar refractivity (Wildman–Crippen MR) is 76.8 cm³/mol. The van der Waals surface area contributed by atoms with Crippen molar-refractivity contribution >= 4 is 5.91 Å². The van der Waals surface area contributed by atoms with Gasteiger partial charge in [-0.3, -0.25) is 4.79 Å². The van der Waals surface area contributed by atoms with Crippen LogP contribution in [0.4, 0.5) is 0 Å². The van der Waals surface area contributed by atoms with Gasteiger partial charge in [-0.1, -0.05) is 29.8 Å². The molecule has 1 rings (SSSR count). The highest BCUT2D eigenvalue weighted by molar-refractivity contribution is 5.81. The van der Waals surface area contributed by atoms with Crippen LogP contribution in [-0.4, -0.2) is 25.7 Å². The highest BCUT2D eigenvalue weighted by Crippen LogP contribution is 2.13. The maximum Gasteiger partial charge on any atom is 0.237 e. The molecule has 4 heteroatoms. The molecule has 4 nitrogen and oxygen atoms in total. The van der Waals surface area contributed by atoms with E-state index in [0.717, 1.165) is 12.0 Å². The smallest absolute Gasteiger partial charge is 0.237 e. The summed E-state index contributed by atoms with van der Waals surface area (Å²) in [5.41, 5.74) is 8.13. The number of nitrogens with two attached hydrogens (primary N) is 1. The van der Waals surface area contributed by atoms with Crippen molar-refractivity contribution in [3.8, 4) is 0 Å². The van der Waals surface area contributed by atoms with Gasteiger partial charge in [0.15, 0.2) is 0 Å². The van der Waals surface area contributed by atoms with E-state index in [4.69, 9.17) is 10.5 Å². The van der Waals surface area contributed by atoms with Crippen LogP contribution in [0.25, 0.3) is 0 Å². The van der Waals surface area contributed by atoms with Crippen LogP contribution in [0.1, 0.15) is 36.9 Å². The van der Waals surface area contributed by atoms with E-state index in [9.17, 15) is 4.79 Å². The summed E-state index contributed by atoms with van der Waals surface area (Å²) in [5, 5.41) is 2.94. The standard InChI is InChI=1S/C15H24N2O2/c1-11-6-8-13(9-7-11)12(2)17-15(18)14(16)5-4-10-19-3/h6-9,12,14H,4-5,10,16H2,1-3H3,(H,17,18)/t12-,14?/m1/s1. The number of carbonyl (C=O) groups is 1. The van der Waals surface area contributed by atoms with Crippen molar-refractivity contribution in [1.29, 1.82) is 0 Å². The third-order valence-corrected chi connectivity index (χ3v) is 3.14. The molecule has 1 unspecified atom stereocenters. The van der Waals surface area contributed by atoms with Crippen LogP contribution in [-0.2, 0) is 9.53 Å². The molecule has 0 heterocycles. The van der Waals surface area contributed by atoms with Crippen LogP contribution in [0, 0.1) is 6.92 Å². The molecule has 19 heavy (non-hydrogen) atoms. The average Bonchev–Trinajstić information content (AvgIpc) is 2.39. The monoisotopic (exact) mass is 264 g/mol. The summed E-state index contributed by atoms with van der Waals surface area (Å²) >= 11 is 0. The van der Waals surface area contributed by atoms with Gasteiger partial charge in [-0.05, 0) is 32.3 Å². The van der Waals surface area contributed by atoms with E-state index in [1.165, 1.54) is 5.56 Å². The second-order valence-corrected chi connectivity index (χ2v) is 4.88. The Labute approximate surface area is 115 Å². The summed E-state index contributed by atoms with van der Waals surface area (Å²) in [6, 6.07) is 7.63. The van der Waals surface area contributed by atoms with Crippen molar-refractivity contribution < 1.29 is 9.53 Å². The molecule has 0 aromatic heterocycles. The number of carbonyl (C=O) groups excluding carboxylic acids is 1. The van der Waals surface area contributed by atoms with Gasteiger partial charge in [-0.2, -0.15) is 0 Å². The van der Waals surface area contributed by atoms with Gasteiger partial charge in [0.25, 0.3) is 0 Å². The fourth-order valence-corrected chi connectivity index (χ4v) is 1.84. The fourth-order valence-electron chi connectivity index (χ4n) is 1.84. The van der Waals surface area contributed by atoms with E-state index < -0.39 is 6.04 Å². The van der Waals surface area contributed by atoms with Crippen molar-refractivity contribution in [2.45, 2.75) is 38.8 Å². The highest BCUT2D eigenvalue weighted by atomic mass is 16.5. The van der Waals surface area contributed by atoms with Crippen LogP contribution in [0.5, 0.6) is 0 Å². The van der Waals surface area contributed by atoms with E-state index in [-0.39, 0.29) is 11.9 Å². The topological polar surface area (TPSA) is 64.3 Å². The largest absolute Gasteiger partial charge is 0.385 e. The molecule has 0 aliphatic carbocycles. The normalized spacial score (nSPS) is 13.9. The third kappa shape index (κ3) is 5.41. The van der Waals surface area contributed by atoms with E-state index in [2.05, 4.69) is 5.32 Å². The Bertz CT molecular complexity index is 390. The molecule has 3 N–H and O–H groups in total. The molecule has 1 aromatic rings. The van der Waals surface area contributed by atoms with Crippen LogP contribution >= 0.6 is 0 Å². The minimum absolute atomic E-state index is 0.0263. The predicted octanol–water partition coefficient (Wildman–Crippen LogP) is 1.93. The number of benzene rings is 1. The quantitative estimate of drug-likeness (QED) is 0.740. The lowest BCUT2D eigenvalue weighted by Crippen LogP contribution is -2.41. The summed E-state index contributed by atoms with van der Waals surface area (Å²) < 4.78 is 4.95. The number of rotatable bonds is 7. The Balaban J connectivity index is 2.44. The van der Waals surface area contributed by atoms with Gasteiger partial charge in [0.05, 0.1) is 12.1 Å². The minimum Gasteiger partial charge on any atom is -0.385 e. The lowest BCUT2D eigenvalue weighted by molar-refractivity contribution is -0.123. The molecule has 0 aliphatic rings. The van der Waals surface area contributed by atoms with Gasteiger partial charge in [-0.25, -0.2) is 0 Å². The van der Waals surface area contributed by atoms with E-state index in [0.29, 0.717) is 13.0 Å². The Morgan fingerprint density at radius 1 is 1.37 bits per heavy atom. The summed E-state index contributed by atoms with van der Waals surface area (Å²) in [4.78, 5) is 11.9. The van der Waals surface area contributed by atoms with Gasteiger partial charge in [0.1, 0.15) is 0 Å². The number of methoxy groups -OCH3 is 1. The Morgan fingerprint density at radius 3 is 2.58 bits per heavy atom. The minimum atomic E-state index is -0.469. The first-order valence-electron chi connectivity index (χ1n) is 6.66. The Hall–Kier alpha value is -1.39. The summed E-state index contributed by atoms with van der Waals surface area (Å²) in [5.74, 6) is -0.107. The number of nitrogens with one attached hydrogen (secondary N) is 1. The molecular formula is C15H24N2O2. The third-order valence-electron chi connectivity index (χ3n) is 3.14. The number of hydrogen-bond acceptors (Lipinski definition) is 3. The van der Waals surface area contributed by atoms with E-state index >= 15 is 0 Å². The van der Waals surface area contributed by atoms with Crippen LogP contribution in [0.2, 0.25) is 0 Å². The molecular weight excluding hydrogens is 240 g/mol. The summed E-state index contributed by atoms with van der Waals surface area (Å²) in [6.07, 6.45) is 1.43. The lowest BCUT2D eigenvalue weighted by atomic mass is 10.1. The van der Waals surface area contributed by atoms with Gasteiger partial charge in [0.2, 0.25) is 5.91 Å². The molecule has 1 aromatic carbocycles. The van der Waals surface area contributed by atoms with Crippen LogP contribution in [0.3, 0.4) is 0 Å². The molecule has 0 spiro atoms. The number of ether oxygens (including phenoxy) is 1. The van der Waals surface area contributed by atoms with E-state index in [1.807, 2.05) is 38.1 Å². The maximum atomic E-state index is 11.9. The first kappa shape index (κ1) is 15.7. The van der Waals surface area contributed by atoms with Gasteiger partial charge in [0, 0.05) is 13.7 Å². The first-order valence-corrected chi connectivity index (χ1v) is 6.66. The second-order valence-electron chi connectivity index (χ2n) is 4.88. The van der Waals surface area contributed by atoms with E-state index in [1.54, 1.807) is 7.11 Å². The molecule has 1 amide bonds. The Kier molecular flexibility index (Phi) is 6.53. The zero-order chi connectivity index (χ0) is 14.3. The molecule has 0 bridgehead atoms. The molecule has 0 saturated heterocycles. The van der Waals surface area contributed by atoms with Crippen molar-refractivity contribution in [2.24, 2.45) is 5.73 Å². The van der Waals surface area contributed by atoms with Crippen molar-refractivity contribution in [3.05, 3.63) is 35.4 Å². The second kappa shape index (κ2) is 7.92. The number of aryl methyl sites for hydroxylation is 1. The summed E-state index contributed by atoms with van der Waals surface area (Å²) in [7, 11) is 1.64.